The van der Waals surface area contributed by atoms with Gasteiger partial charge in [0.25, 0.3) is 5.91 Å². The van der Waals surface area contributed by atoms with Crippen LogP contribution in [0.5, 0.6) is 5.75 Å². The van der Waals surface area contributed by atoms with E-state index in [-0.39, 0.29) is 36.8 Å². The van der Waals surface area contributed by atoms with Crippen molar-refractivity contribution in [2.45, 2.75) is 38.9 Å². The van der Waals surface area contributed by atoms with E-state index in [2.05, 4.69) is 34.6 Å². The summed E-state index contributed by atoms with van der Waals surface area (Å²) >= 11 is 0. The number of piperazine rings is 1. The Morgan fingerprint density at radius 2 is 1.91 bits per heavy atom. The maximum atomic E-state index is 14.9. The van der Waals surface area contributed by atoms with E-state index in [1.807, 2.05) is 30.0 Å². The van der Waals surface area contributed by atoms with Gasteiger partial charge in [0.1, 0.15) is 24.2 Å². The highest BCUT2D eigenvalue weighted by Crippen LogP contribution is 2.45. The number of hydrogen-bond donors (Lipinski definition) is 2. The predicted molar refractivity (Wildman–Crippen MR) is 126 cm³/mol. The maximum Gasteiger partial charge on any atom is 0.262 e. The molecule has 1 saturated heterocycles. The number of hydrazone groups is 1. The quantitative estimate of drug-likeness (QED) is 0.722. The monoisotopic (exact) mass is 459 g/mol. The Kier molecular flexibility index (Phi) is 6.01. The number of nitrogens with one attached hydrogen (secondary N) is 2. The van der Waals surface area contributed by atoms with Crippen LogP contribution in [0, 0.1) is 5.82 Å². The fraction of sp³-hybridized carbons (Fsp3) is 0.391. The Labute approximate surface area is 193 Å². The van der Waals surface area contributed by atoms with Gasteiger partial charge in [-0.05, 0) is 39.0 Å². The Hall–Kier alpha value is -2.84. The summed E-state index contributed by atoms with van der Waals surface area (Å²) in [5, 5.41) is 7.68. The molecular formula is C23H27ClFN5O2. The molecule has 1 fully saturated rings. The molecule has 0 bridgehead atoms. The van der Waals surface area contributed by atoms with E-state index >= 15 is 0 Å². The molecule has 2 N–H and O–H groups in total. The van der Waals surface area contributed by atoms with E-state index in [0.717, 1.165) is 30.0 Å². The van der Waals surface area contributed by atoms with Crippen molar-refractivity contribution in [2.75, 3.05) is 29.5 Å². The molecule has 7 nitrogen and oxygen atoms in total. The summed E-state index contributed by atoms with van der Waals surface area (Å²) in [6, 6.07) is 10.8. The first-order valence-corrected chi connectivity index (χ1v) is 10.7. The second-order valence-corrected chi connectivity index (χ2v) is 8.47. The van der Waals surface area contributed by atoms with Gasteiger partial charge in [0.15, 0.2) is 5.84 Å². The van der Waals surface area contributed by atoms with Crippen molar-refractivity contribution in [3.8, 4) is 16.9 Å². The average Bonchev–Trinajstić information content (AvgIpc) is 2.77. The summed E-state index contributed by atoms with van der Waals surface area (Å²) < 4.78 is 20.8. The van der Waals surface area contributed by atoms with E-state index in [4.69, 9.17) is 4.74 Å². The Balaban J connectivity index is 0.00000245. The van der Waals surface area contributed by atoms with Crippen LogP contribution in [0.4, 0.5) is 15.8 Å². The lowest BCUT2D eigenvalue weighted by atomic mass is 9.97. The number of benzene rings is 2. The number of halogens is 2. The van der Waals surface area contributed by atoms with Gasteiger partial charge in [0.2, 0.25) is 0 Å². The number of anilines is 2. The molecule has 3 aliphatic heterocycles. The first-order chi connectivity index (χ1) is 14.9. The van der Waals surface area contributed by atoms with E-state index < -0.39 is 6.04 Å². The topological polar surface area (TPSA) is 69.2 Å². The minimum atomic E-state index is -0.415. The summed E-state index contributed by atoms with van der Waals surface area (Å²) in [6.07, 6.45) is 0. The minimum absolute atomic E-state index is 0. The molecule has 0 radical (unpaired) electrons. The van der Waals surface area contributed by atoms with Gasteiger partial charge in [-0.3, -0.25) is 4.79 Å². The molecule has 32 heavy (non-hydrogen) atoms. The maximum absolute atomic E-state index is 14.9. The Morgan fingerprint density at radius 3 is 2.69 bits per heavy atom. The molecule has 0 saturated carbocycles. The zero-order valence-corrected chi connectivity index (χ0v) is 19.1. The number of carbonyl (C=O) groups excluding carboxylic acids is 1. The highest BCUT2D eigenvalue weighted by atomic mass is 35.5. The minimum Gasteiger partial charge on any atom is -0.483 e. The van der Waals surface area contributed by atoms with Gasteiger partial charge in [-0.15, -0.1) is 12.4 Å². The van der Waals surface area contributed by atoms with Crippen molar-refractivity contribution < 1.29 is 13.9 Å². The Bertz CT molecular complexity index is 1080. The van der Waals surface area contributed by atoms with Crippen LogP contribution >= 0.6 is 12.4 Å². The van der Waals surface area contributed by atoms with Gasteiger partial charge in [-0.1, -0.05) is 18.2 Å². The van der Waals surface area contributed by atoms with Gasteiger partial charge in [0, 0.05) is 42.0 Å². The number of amidine groups is 1. The average molecular weight is 460 g/mol. The molecule has 2 aromatic rings. The van der Waals surface area contributed by atoms with Crippen molar-refractivity contribution in [3.05, 3.63) is 42.2 Å². The van der Waals surface area contributed by atoms with Crippen LogP contribution in [0.1, 0.15) is 20.8 Å². The normalized spacial score (nSPS) is 24.4. The first kappa shape index (κ1) is 22.4. The summed E-state index contributed by atoms with van der Waals surface area (Å²) in [7, 11) is 0. The lowest BCUT2D eigenvalue weighted by Crippen LogP contribution is -2.56. The van der Waals surface area contributed by atoms with E-state index in [1.165, 1.54) is 6.07 Å². The molecule has 2 aromatic carbocycles. The fourth-order valence-corrected chi connectivity index (χ4v) is 4.55. The molecule has 3 heterocycles. The molecule has 1 unspecified atom stereocenters. The zero-order chi connectivity index (χ0) is 21.7. The van der Waals surface area contributed by atoms with Crippen LogP contribution in [-0.2, 0) is 4.79 Å². The summed E-state index contributed by atoms with van der Waals surface area (Å²) in [4.78, 5) is 16.5. The third-order valence-corrected chi connectivity index (χ3v) is 6.27. The molecule has 1 amide bonds. The number of nitrogens with zero attached hydrogens (tertiary/aromatic N) is 3. The van der Waals surface area contributed by atoms with Crippen LogP contribution in [0.15, 0.2) is 41.5 Å². The number of fused-ring (bicyclic) bond motifs is 3. The molecular weight excluding hydrogens is 433 g/mol. The molecule has 3 aliphatic rings. The lowest BCUT2D eigenvalue weighted by Gasteiger charge is -2.42. The molecule has 3 atom stereocenters. The summed E-state index contributed by atoms with van der Waals surface area (Å²) in [5.74, 6) is 0.841. The second kappa shape index (κ2) is 8.60. The van der Waals surface area contributed by atoms with Crippen LogP contribution in [-0.4, -0.2) is 49.6 Å². The molecule has 170 valence electrons. The summed E-state index contributed by atoms with van der Waals surface area (Å²) in [6.45, 7) is 8.02. The molecule has 0 aliphatic carbocycles. The van der Waals surface area contributed by atoms with Gasteiger partial charge in [-0.2, -0.15) is 5.10 Å². The van der Waals surface area contributed by atoms with Gasteiger partial charge >= 0.3 is 0 Å². The van der Waals surface area contributed by atoms with Crippen molar-refractivity contribution in [3.63, 3.8) is 0 Å². The first-order valence-electron chi connectivity index (χ1n) is 10.7. The van der Waals surface area contributed by atoms with E-state index in [9.17, 15) is 9.18 Å². The summed E-state index contributed by atoms with van der Waals surface area (Å²) in [5.41, 5.74) is 5.58. The fourth-order valence-electron chi connectivity index (χ4n) is 4.55. The van der Waals surface area contributed by atoms with Crippen LogP contribution in [0.2, 0.25) is 0 Å². The Morgan fingerprint density at radius 1 is 1.12 bits per heavy atom. The van der Waals surface area contributed by atoms with Crippen molar-refractivity contribution in [1.29, 1.82) is 0 Å². The third-order valence-electron chi connectivity index (χ3n) is 6.27. The van der Waals surface area contributed by atoms with Crippen molar-refractivity contribution >= 4 is 35.5 Å². The van der Waals surface area contributed by atoms with Gasteiger partial charge < -0.3 is 19.9 Å². The molecule has 9 heteroatoms. The van der Waals surface area contributed by atoms with Crippen LogP contribution in [0.3, 0.4) is 0 Å². The van der Waals surface area contributed by atoms with E-state index in [1.54, 1.807) is 12.1 Å². The number of amides is 1. The largest absolute Gasteiger partial charge is 0.483 e. The third kappa shape index (κ3) is 3.67. The molecule has 0 spiro atoms. The number of ether oxygens (including phenoxy) is 1. The highest BCUT2D eigenvalue weighted by Gasteiger charge is 2.37. The SMILES string of the molecule is CC1C(=O)NN=C2COc3cc(-c4ccccc4F)c(N4C[C@H](C)NC[C@H]4C)cc3N21.Cl. The molecule has 0 aromatic heterocycles. The number of carbonyl (C=O) groups is 1. The van der Waals surface area contributed by atoms with Crippen LogP contribution < -0.4 is 25.3 Å². The zero-order valence-electron chi connectivity index (χ0n) is 18.3. The van der Waals surface area contributed by atoms with Gasteiger partial charge in [-0.25, -0.2) is 9.82 Å². The predicted octanol–water partition coefficient (Wildman–Crippen LogP) is 3.13. The number of hydrogen-bond acceptors (Lipinski definition) is 6. The van der Waals surface area contributed by atoms with Gasteiger partial charge in [0.05, 0.1) is 5.69 Å². The lowest BCUT2D eigenvalue weighted by molar-refractivity contribution is -0.122. The second-order valence-electron chi connectivity index (χ2n) is 8.47. The highest BCUT2D eigenvalue weighted by molar-refractivity contribution is 6.10. The smallest absolute Gasteiger partial charge is 0.262 e. The van der Waals surface area contributed by atoms with Crippen molar-refractivity contribution in [2.24, 2.45) is 5.10 Å². The van der Waals surface area contributed by atoms with E-state index in [0.29, 0.717) is 23.2 Å². The molecule has 5 rings (SSSR count). The standard InChI is InChI=1S/C23H26FN5O2.ClH/c1-13-11-28(14(2)10-25-13)19-9-20-21(8-17(19)16-6-4-5-7-18(16)24)31-12-22-26-27-23(30)15(3)29(20)22;/h4-9,13-15,25H,10-12H2,1-3H3,(H,27,30);1H/t13-,14+,15?;/m0./s1. The van der Waals surface area contributed by atoms with Crippen molar-refractivity contribution in [1.82, 2.24) is 10.7 Å². The number of rotatable bonds is 2. The van der Waals surface area contributed by atoms with Crippen LogP contribution in [0.25, 0.3) is 11.1 Å².